The Labute approximate surface area is 122 Å². The van der Waals surface area contributed by atoms with Crippen molar-refractivity contribution in [1.29, 1.82) is 0 Å². The van der Waals surface area contributed by atoms with E-state index in [4.69, 9.17) is 41.2 Å². The van der Waals surface area contributed by atoms with E-state index in [-0.39, 0.29) is 10.9 Å². The van der Waals surface area contributed by atoms with E-state index in [2.05, 4.69) is 0 Å². The first-order chi connectivity index (χ1) is 8.47. The van der Waals surface area contributed by atoms with Gasteiger partial charge in [-0.2, -0.15) is 0 Å². The highest BCUT2D eigenvalue weighted by Crippen LogP contribution is 2.26. The predicted octanol–water partition coefficient (Wildman–Crippen LogP) is 3.13. The standard InChI is InChI=1S/C12H14Cl2N2OS/c1-2-16(7-6-10(15)18)12(17)8-4-3-5-9(13)11(8)14/h3-5H,2,6-7H2,1H3,(H2,15,18). The van der Waals surface area contributed by atoms with Crippen LogP contribution < -0.4 is 5.73 Å². The second-order valence-corrected chi connectivity index (χ2v) is 5.01. The molecule has 0 aliphatic rings. The molecule has 0 aliphatic carbocycles. The Morgan fingerprint density at radius 1 is 1.44 bits per heavy atom. The summed E-state index contributed by atoms with van der Waals surface area (Å²) in [4.78, 5) is 14.3. The van der Waals surface area contributed by atoms with Crippen molar-refractivity contribution in [3.63, 3.8) is 0 Å². The number of rotatable bonds is 5. The van der Waals surface area contributed by atoms with Gasteiger partial charge in [0.2, 0.25) is 0 Å². The molecule has 0 aromatic heterocycles. The summed E-state index contributed by atoms with van der Waals surface area (Å²) < 4.78 is 0. The highest BCUT2D eigenvalue weighted by Gasteiger charge is 2.18. The lowest BCUT2D eigenvalue weighted by molar-refractivity contribution is 0.0769. The van der Waals surface area contributed by atoms with Crippen molar-refractivity contribution in [3.05, 3.63) is 33.8 Å². The molecular weight excluding hydrogens is 291 g/mol. The molecule has 1 rings (SSSR count). The lowest BCUT2D eigenvalue weighted by Crippen LogP contribution is -2.33. The van der Waals surface area contributed by atoms with Gasteiger partial charge >= 0.3 is 0 Å². The van der Waals surface area contributed by atoms with E-state index in [9.17, 15) is 4.79 Å². The smallest absolute Gasteiger partial charge is 0.255 e. The molecule has 0 saturated carbocycles. The van der Waals surface area contributed by atoms with Crippen molar-refractivity contribution in [2.75, 3.05) is 13.1 Å². The van der Waals surface area contributed by atoms with Crippen LogP contribution in [0.15, 0.2) is 18.2 Å². The fourth-order valence-electron chi connectivity index (χ4n) is 1.49. The average Bonchev–Trinajstić information content (AvgIpc) is 2.32. The van der Waals surface area contributed by atoms with Crippen molar-refractivity contribution in [2.45, 2.75) is 13.3 Å². The van der Waals surface area contributed by atoms with Crippen molar-refractivity contribution in [1.82, 2.24) is 4.90 Å². The largest absolute Gasteiger partial charge is 0.393 e. The third-order valence-corrected chi connectivity index (χ3v) is 3.50. The van der Waals surface area contributed by atoms with Crippen LogP contribution in [0.5, 0.6) is 0 Å². The maximum absolute atomic E-state index is 12.3. The average molecular weight is 305 g/mol. The molecule has 2 N–H and O–H groups in total. The number of hydrogen-bond acceptors (Lipinski definition) is 2. The first-order valence-corrected chi connectivity index (χ1v) is 6.65. The second-order valence-electron chi connectivity index (χ2n) is 3.70. The van der Waals surface area contributed by atoms with Gasteiger partial charge < -0.3 is 10.6 Å². The molecule has 0 spiro atoms. The van der Waals surface area contributed by atoms with E-state index in [0.29, 0.717) is 35.1 Å². The van der Waals surface area contributed by atoms with Gasteiger partial charge in [0.1, 0.15) is 0 Å². The molecule has 3 nitrogen and oxygen atoms in total. The van der Waals surface area contributed by atoms with Crippen molar-refractivity contribution in [2.24, 2.45) is 5.73 Å². The first kappa shape index (κ1) is 15.2. The number of carbonyl (C=O) groups excluding carboxylic acids is 1. The molecular formula is C12H14Cl2N2OS. The third-order valence-electron chi connectivity index (χ3n) is 2.48. The van der Waals surface area contributed by atoms with E-state index in [1.165, 1.54) is 0 Å². The molecule has 0 unspecified atom stereocenters. The Hall–Kier alpha value is -0.840. The van der Waals surface area contributed by atoms with Gasteiger partial charge in [0.05, 0.1) is 20.6 Å². The molecule has 0 heterocycles. The number of nitrogens with zero attached hydrogens (tertiary/aromatic N) is 1. The minimum atomic E-state index is -0.166. The number of thiocarbonyl (C=S) groups is 1. The van der Waals surface area contributed by atoms with Crippen molar-refractivity contribution in [3.8, 4) is 0 Å². The highest BCUT2D eigenvalue weighted by atomic mass is 35.5. The number of hydrogen-bond donors (Lipinski definition) is 1. The van der Waals surface area contributed by atoms with E-state index in [1.807, 2.05) is 6.92 Å². The van der Waals surface area contributed by atoms with Crippen LogP contribution >= 0.6 is 35.4 Å². The summed E-state index contributed by atoms with van der Waals surface area (Å²) in [5, 5.41) is 0.644. The van der Waals surface area contributed by atoms with Crippen LogP contribution in [0, 0.1) is 0 Å². The Morgan fingerprint density at radius 2 is 2.11 bits per heavy atom. The minimum absolute atomic E-state index is 0.166. The van der Waals surface area contributed by atoms with Gasteiger partial charge in [-0.15, -0.1) is 0 Å². The van der Waals surface area contributed by atoms with Crippen LogP contribution in [0.2, 0.25) is 10.0 Å². The van der Waals surface area contributed by atoms with Crippen LogP contribution in [-0.4, -0.2) is 28.9 Å². The Morgan fingerprint density at radius 3 is 2.67 bits per heavy atom. The topological polar surface area (TPSA) is 46.3 Å². The zero-order valence-corrected chi connectivity index (χ0v) is 12.3. The molecule has 0 aliphatic heterocycles. The number of carbonyl (C=O) groups is 1. The minimum Gasteiger partial charge on any atom is -0.393 e. The first-order valence-electron chi connectivity index (χ1n) is 5.49. The van der Waals surface area contributed by atoms with Crippen LogP contribution in [0.1, 0.15) is 23.7 Å². The maximum atomic E-state index is 12.3. The Balaban J connectivity index is 2.89. The predicted molar refractivity (Wildman–Crippen MR) is 79.4 cm³/mol. The molecule has 0 atom stereocenters. The number of nitrogens with two attached hydrogens (primary N) is 1. The molecule has 98 valence electrons. The van der Waals surface area contributed by atoms with E-state index >= 15 is 0 Å². The molecule has 1 aromatic rings. The van der Waals surface area contributed by atoms with Crippen LogP contribution in [-0.2, 0) is 0 Å². The van der Waals surface area contributed by atoms with Gasteiger partial charge in [-0.3, -0.25) is 4.79 Å². The number of halogens is 2. The van der Waals surface area contributed by atoms with Crippen LogP contribution in [0.25, 0.3) is 0 Å². The van der Waals surface area contributed by atoms with E-state index < -0.39 is 0 Å². The van der Waals surface area contributed by atoms with Crippen LogP contribution in [0.3, 0.4) is 0 Å². The van der Waals surface area contributed by atoms with E-state index in [1.54, 1.807) is 23.1 Å². The summed E-state index contributed by atoms with van der Waals surface area (Å²) in [6.45, 7) is 2.92. The van der Waals surface area contributed by atoms with Gasteiger partial charge in [0, 0.05) is 19.5 Å². The van der Waals surface area contributed by atoms with Crippen LogP contribution in [0.4, 0.5) is 0 Å². The fourth-order valence-corrected chi connectivity index (χ4v) is 1.96. The van der Waals surface area contributed by atoms with Gasteiger partial charge in [0.25, 0.3) is 5.91 Å². The fraction of sp³-hybridized carbons (Fsp3) is 0.333. The summed E-state index contributed by atoms with van der Waals surface area (Å²) in [6.07, 6.45) is 0.493. The van der Waals surface area contributed by atoms with Gasteiger partial charge in [-0.1, -0.05) is 41.5 Å². The van der Waals surface area contributed by atoms with Gasteiger partial charge in [-0.05, 0) is 19.1 Å². The summed E-state index contributed by atoms with van der Waals surface area (Å²) >= 11 is 16.7. The Bertz CT molecular complexity index is 465. The second kappa shape index (κ2) is 6.92. The molecule has 6 heteroatoms. The molecule has 1 aromatic carbocycles. The summed E-state index contributed by atoms with van der Waals surface area (Å²) in [7, 11) is 0. The zero-order chi connectivity index (χ0) is 13.7. The SMILES string of the molecule is CCN(CCC(N)=S)C(=O)c1cccc(Cl)c1Cl. The lowest BCUT2D eigenvalue weighted by atomic mass is 10.2. The summed E-state index contributed by atoms with van der Waals surface area (Å²) in [5.74, 6) is -0.166. The van der Waals surface area contributed by atoms with Crippen molar-refractivity contribution >= 4 is 46.3 Å². The Kier molecular flexibility index (Phi) is 5.85. The summed E-state index contributed by atoms with van der Waals surface area (Å²) in [5.41, 5.74) is 5.83. The molecule has 0 saturated heterocycles. The third kappa shape index (κ3) is 3.83. The molecule has 1 amide bonds. The zero-order valence-electron chi connectivity index (χ0n) is 9.95. The highest BCUT2D eigenvalue weighted by molar-refractivity contribution is 7.80. The van der Waals surface area contributed by atoms with E-state index in [0.717, 1.165) is 0 Å². The normalized spacial score (nSPS) is 10.2. The molecule has 0 fully saturated rings. The quantitative estimate of drug-likeness (QED) is 0.850. The maximum Gasteiger partial charge on any atom is 0.255 e. The number of amides is 1. The molecule has 18 heavy (non-hydrogen) atoms. The number of benzene rings is 1. The van der Waals surface area contributed by atoms with Crippen molar-refractivity contribution < 1.29 is 4.79 Å². The summed E-state index contributed by atoms with van der Waals surface area (Å²) in [6, 6.07) is 4.99. The lowest BCUT2D eigenvalue weighted by Gasteiger charge is -2.21. The molecule has 0 bridgehead atoms. The van der Waals surface area contributed by atoms with Gasteiger partial charge in [-0.25, -0.2) is 0 Å². The van der Waals surface area contributed by atoms with Gasteiger partial charge in [0.15, 0.2) is 0 Å². The molecule has 0 radical (unpaired) electrons. The monoisotopic (exact) mass is 304 g/mol.